The van der Waals surface area contributed by atoms with Crippen molar-refractivity contribution in [1.82, 2.24) is 9.88 Å². The molecule has 1 aliphatic rings. The summed E-state index contributed by atoms with van der Waals surface area (Å²) in [6.07, 6.45) is 1.84. The number of carboxylic acid groups (broad SMARTS) is 1. The zero-order valence-corrected chi connectivity index (χ0v) is 11.8. The monoisotopic (exact) mass is 263 g/mol. The number of hydrogen-bond acceptors (Lipinski definition) is 4. The third-order valence-electron chi connectivity index (χ3n) is 3.69. The lowest BCUT2D eigenvalue weighted by molar-refractivity contribution is 0.0696. The lowest BCUT2D eigenvalue weighted by atomic mass is 10.2. The minimum absolute atomic E-state index is 0.329. The molecule has 1 aromatic heterocycles. The minimum atomic E-state index is -0.887. The van der Waals surface area contributed by atoms with Gasteiger partial charge in [0.25, 0.3) is 0 Å². The molecule has 0 spiro atoms. The largest absolute Gasteiger partial charge is 0.478 e. The molecule has 104 valence electrons. The first-order valence-corrected chi connectivity index (χ1v) is 6.67. The standard InChI is InChI=1S/C14H21N3O2/c1-4-11-7-10(14(18)19)8-13(15-11)17-6-5-12(9-17)16(2)3/h7-8,12H,4-6,9H2,1-3H3,(H,18,19). The number of carbonyl (C=O) groups is 1. The average Bonchev–Trinajstić information content (AvgIpc) is 2.87. The van der Waals surface area contributed by atoms with Crippen molar-refractivity contribution in [3.63, 3.8) is 0 Å². The maximum Gasteiger partial charge on any atom is 0.335 e. The van der Waals surface area contributed by atoms with E-state index in [2.05, 4.69) is 28.9 Å². The lowest BCUT2D eigenvalue weighted by Crippen LogP contribution is -2.31. The predicted octanol–water partition coefficient (Wildman–Crippen LogP) is 1.48. The highest BCUT2D eigenvalue weighted by atomic mass is 16.4. The van der Waals surface area contributed by atoms with E-state index in [1.54, 1.807) is 12.1 Å². The molecule has 0 bridgehead atoms. The molecule has 1 N–H and O–H groups in total. The fraction of sp³-hybridized carbons (Fsp3) is 0.571. The van der Waals surface area contributed by atoms with E-state index in [-0.39, 0.29) is 0 Å². The van der Waals surface area contributed by atoms with Crippen LogP contribution in [0.25, 0.3) is 0 Å². The molecule has 0 aliphatic carbocycles. The smallest absolute Gasteiger partial charge is 0.335 e. The van der Waals surface area contributed by atoms with Crippen LogP contribution in [0.3, 0.4) is 0 Å². The van der Waals surface area contributed by atoms with Gasteiger partial charge in [-0.1, -0.05) is 6.92 Å². The molecule has 1 saturated heterocycles. The van der Waals surface area contributed by atoms with Gasteiger partial charge in [-0.3, -0.25) is 0 Å². The summed E-state index contributed by atoms with van der Waals surface area (Å²) in [7, 11) is 4.15. The van der Waals surface area contributed by atoms with Crippen LogP contribution >= 0.6 is 0 Å². The van der Waals surface area contributed by atoms with Gasteiger partial charge >= 0.3 is 5.97 Å². The Morgan fingerprint density at radius 1 is 1.53 bits per heavy atom. The van der Waals surface area contributed by atoms with Gasteiger partial charge in [-0.15, -0.1) is 0 Å². The molecule has 5 heteroatoms. The van der Waals surface area contributed by atoms with Gasteiger partial charge in [-0.2, -0.15) is 0 Å². The first kappa shape index (κ1) is 13.8. The lowest BCUT2D eigenvalue weighted by Gasteiger charge is -2.21. The Morgan fingerprint density at radius 3 is 2.79 bits per heavy atom. The molecule has 1 aromatic rings. The van der Waals surface area contributed by atoms with Crippen molar-refractivity contribution in [1.29, 1.82) is 0 Å². The van der Waals surface area contributed by atoms with Gasteiger partial charge in [-0.25, -0.2) is 9.78 Å². The molecule has 0 aromatic carbocycles. The summed E-state index contributed by atoms with van der Waals surface area (Å²) in [5, 5.41) is 9.16. The zero-order chi connectivity index (χ0) is 14.0. The fourth-order valence-corrected chi connectivity index (χ4v) is 2.41. The maximum absolute atomic E-state index is 11.2. The van der Waals surface area contributed by atoms with Gasteiger partial charge in [0.2, 0.25) is 0 Å². The van der Waals surface area contributed by atoms with Crippen molar-refractivity contribution in [2.75, 3.05) is 32.1 Å². The van der Waals surface area contributed by atoms with E-state index in [4.69, 9.17) is 5.11 Å². The molecule has 2 heterocycles. The van der Waals surface area contributed by atoms with Crippen LogP contribution in [0.4, 0.5) is 5.82 Å². The summed E-state index contributed by atoms with van der Waals surface area (Å²) >= 11 is 0. The number of nitrogens with zero attached hydrogens (tertiary/aromatic N) is 3. The van der Waals surface area contributed by atoms with Gasteiger partial charge in [0.15, 0.2) is 0 Å². The van der Waals surface area contributed by atoms with Crippen molar-refractivity contribution in [3.05, 3.63) is 23.4 Å². The Hall–Kier alpha value is -1.62. The Bertz CT molecular complexity index is 474. The van der Waals surface area contributed by atoms with Gasteiger partial charge < -0.3 is 14.9 Å². The SMILES string of the molecule is CCc1cc(C(=O)O)cc(N2CCC(N(C)C)C2)n1. The molecule has 0 saturated carbocycles. The van der Waals surface area contributed by atoms with E-state index in [1.807, 2.05) is 6.92 Å². The van der Waals surface area contributed by atoms with Gasteiger partial charge in [0, 0.05) is 24.8 Å². The van der Waals surface area contributed by atoms with Crippen LogP contribution in [0.1, 0.15) is 29.4 Å². The Morgan fingerprint density at radius 2 is 2.26 bits per heavy atom. The highest BCUT2D eigenvalue weighted by molar-refractivity contribution is 5.88. The number of hydrogen-bond donors (Lipinski definition) is 1. The number of aromatic carboxylic acids is 1. The van der Waals surface area contributed by atoms with E-state index < -0.39 is 5.97 Å². The van der Waals surface area contributed by atoms with Crippen LogP contribution in [-0.4, -0.2) is 54.2 Å². The van der Waals surface area contributed by atoms with E-state index >= 15 is 0 Å². The van der Waals surface area contributed by atoms with Crippen LogP contribution in [0.5, 0.6) is 0 Å². The molecule has 1 fully saturated rings. The van der Waals surface area contributed by atoms with E-state index in [1.165, 1.54) is 0 Å². The number of anilines is 1. The summed E-state index contributed by atoms with van der Waals surface area (Å²) in [4.78, 5) is 20.1. The van der Waals surface area contributed by atoms with Crippen LogP contribution in [-0.2, 0) is 6.42 Å². The first-order chi connectivity index (χ1) is 9.01. The normalized spacial score (nSPS) is 19.2. The second-order valence-electron chi connectivity index (χ2n) is 5.22. The molecular formula is C14H21N3O2. The van der Waals surface area contributed by atoms with Crippen LogP contribution in [0.2, 0.25) is 0 Å². The summed E-state index contributed by atoms with van der Waals surface area (Å²) < 4.78 is 0. The molecule has 19 heavy (non-hydrogen) atoms. The maximum atomic E-state index is 11.2. The number of aryl methyl sites for hydroxylation is 1. The fourth-order valence-electron chi connectivity index (χ4n) is 2.41. The van der Waals surface area contributed by atoms with Crippen LogP contribution in [0, 0.1) is 0 Å². The molecule has 1 unspecified atom stereocenters. The summed E-state index contributed by atoms with van der Waals surface area (Å²) in [5.74, 6) is -0.0946. The molecule has 1 atom stereocenters. The third-order valence-corrected chi connectivity index (χ3v) is 3.69. The van der Waals surface area contributed by atoms with Crippen LogP contribution in [0.15, 0.2) is 12.1 Å². The third kappa shape index (κ3) is 3.04. The van der Waals surface area contributed by atoms with E-state index in [0.29, 0.717) is 11.6 Å². The molecular weight excluding hydrogens is 242 g/mol. The number of pyridine rings is 1. The van der Waals surface area contributed by atoms with E-state index in [9.17, 15) is 4.79 Å². The van der Waals surface area contributed by atoms with Crippen molar-refractivity contribution < 1.29 is 9.90 Å². The molecule has 2 rings (SSSR count). The number of carboxylic acids is 1. The molecule has 5 nitrogen and oxygen atoms in total. The number of rotatable bonds is 4. The topological polar surface area (TPSA) is 56.7 Å². The van der Waals surface area contributed by atoms with Crippen molar-refractivity contribution >= 4 is 11.8 Å². The Kier molecular flexibility index (Phi) is 4.04. The molecule has 0 radical (unpaired) electrons. The van der Waals surface area contributed by atoms with Crippen molar-refractivity contribution in [2.45, 2.75) is 25.8 Å². The zero-order valence-electron chi connectivity index (χ0n) is 11.8. The summed E-state index contributed by atoms with van der Waals surface area (Å²) in [5.41, 5.74) is 1.17. The quantitative estimate of drug-likeness (QED) is 0.891. The highest BCUT2D eigenvalue weighted by Gasteiger charge is 2.25. The summed E-state index contributed by atoms with van der Waals surface area (Å²) in [6.45, 7) is 3.83. The Labute approximate surface area is 113 Å². The summed E-state index contributed by atoms with van der Waals surface area (Å²) in [6, 6.07) is 3.85. The highest BCUT2D eigenvalue weighted by Crippen LogP contribution is 2.22. The molecule has 1 aliphatic heterocycles. The molecule has 0 amide bonds. The number of aromatic nitrogens is 1. The minimum Gasteiger partial charge on any atom is -0.478 e. The van der Waals surface area contributed by atoms with Gasteiger partial charge in [0.05, 0.1) is 5.56 Å². The van der Waals surface area contributed by atoms with Gasteiger partial charge in [0.1, 0.15) is 5.82 Å². The average molecular weight is 263 g/mol. The second-order valence-corrected chi connectivity index (χ2v) is 5.22. The van der Waals surface area contributed by atoms with Crippen LogP contribution < -0.4 is 4.90 Å². The van der Waals surface area contributed by atoms with Gasteiger partial charge in [-0.05, 0) is 39.1 Å². The van der Waals surface area contributed by atoms with E-state index in [0.717, 1.165) is 37.4 Å². The second kappa shape index (κ2) is 5.57. The first-order valence-electron chi connectivity index (χ1n) is 6.67. The number of likely N-dealkylation sites (N-methyl/N-ethyl adjacent to an activating group) is 1. The predicted molar refractivity (Wildman–Crippen MR) is 74.9 cm³/mol. The Balaban J connectivity index is 2.25. The van der Waals surface area contributed by atoms with Crippen molar-refractivity contribution in [2.24, 2.45) is 0 Å². The van der Waals surface area contributed by atoms with Crippen molar-refractivity contribution in [3.8, 4) is 0 Å².